The van der Waals surface area contributed by atoms with Crippen LogP contribution in [0.3, 0.4) is 0 Å². The summed E-state index contributed by atoms with van der Waals surface area (Å²) in [6, 6.07) is 8.89. The van der Waals surface area contributed by atoms with Gasteiger partial charge in [0.05, 0.1) is 0 Å². The monoisotopic (exact) mass is 382 g/mol. The molecule has 0 aliphatic carbocycles. The molecular weight excluding hydrogens is 367 g/mol. The zero-order valence-electron chi connectivity index (χ0n) is 10.9. The van der Waals surface area contributed by atoms with Crippen molar-refractivity contribution in [1.29, 1.82) is 0 Å². The van der Waals surface area contributed by atoms with Gasteiger partial charge in [0.2, 0.25) is 0 Å². The maximum absolute atomic E-state index is 12.4. The Kier molecular flexibility index (Phi) is 2.99. The molecule has 4 rings (SSSR count). The van der Waals surface area contributed by atoms with Crippen LogP contribution in [-0.2, 0) is 0 Å². The third-order valence-corrected chi connectivity index (χ3v) is 4.90. The van der Waals surface area contributed by atoms with Gasteiger partial charge in [-0.2, -0.15) is 0 Å². The van der Waals surface area contributed by atoms with E-state index in [0.717, 1.165) is 21.2 Å². The first-order valence-corrected chi connectivity index (χ1v) is 8.03. The van der Waals surface area contributed by atoms with Gasteiger partial charge < -0.3 is 15.1 Å². The Morgan fingerprint density at radius 1 is 1.35 bits per heavy atom. The van der Waals surface area contributed by atoms with Crippen LogP contribution in [0.2, 0.25) is 0 Å². The molecule has 1 aromatic heterocycles. The Labute approximate surface area is 130 Å². The van der Waals surface area contributed by atoms with Gasteiger partial charge in [-0.15, -0.1) is 0 Å². The van der Waals surface area contributed by atoms with Crippen molar-refractivity contribution in [3.63, 3.8) is 0 Å². The minimum absolute atomic E-state index is 0.0162. The summed E-state index contributed by atoms with van der Waals surface area (Å²) in [6.45, 7) is 0. The van der Waals surface area contributed by atoms with Crippen molar-refractivity contribution in [2.75, 3.05) is 0 Å². The molecule has 2 aliphatic rings. The zero-order valence-corrected chi connectivity index (χ0v) is 13.0. The van der Waals surface area contributed by atoms with Crippen LogP contribution < -0.4 is 10.6 Å². The standard InChI is InChI=1S/C15H15IN2O2/c16-14-6-9-5-8(1-4-13(9)20-14)15(19)18-12-7-10-2-3-11(12)17-10/h1,4-6,10-12,17H,2-3,7H2,(H,18,19)/t10-,11+,12-/m1/s1. The highest BCUT2D eigenvalue weighted by molar-refractivity contribution is 14.1. The number of furan rings is 1. The van der Waals surface area contributed by atoms with Crippen LogP contribution in [0.25, 0.3) is 11.0 Å². The van der Waals surface area contributed by atoms with E-state index in [-0.39, 0.29) is 11.9 Å². The molecule has 1 aromatic carbocycles. The predicted octanol–water partition coefficient (Wildman–Crippen LogP) is 2.66. The van der Waals surface area contributed by atoms with Gasteiger partial charge in [0.25, 0.3) is 5.91 Å². The van der Waals surface area contributed by atoms with Gasteiger partial charge in [-0.3, -0.25) is 4.79 Å². The van der Waals surface area contributed by atoms with E-state index in [1.807, 2.05) is 24.3 Å². The maximum atomic E-state index is 12.4. The van der Waals surface area contributed by atoms with Gasteiger partial charge in [0.15, 0.2) is 3.77 Å². The summed E-state index contributed by atoms with van der Waals surface area (Å²) < 4.78 is 6.36. The molecule has 0 spiro atoms. The maximum Gasteiger partial charge on any atom is 0.251 e. The Morgan fingerprint density at radius 2 is 2.25 bits per heavy atom. The highest BCUT2D eigenvalue weighted by atomic mass is 127. The minimum atomic E-state index is 0.0162. The van der Waals surface area contributed by atoms with Crippen molar-refractivity contribution in [3.05, 3.63) is 33.6 Å². The molecule has 0 radical (unpaired) electrons. The Balaban J connectivity index is 1.54. The third-order valence-electron chi connectivity index (χ3n) is 4.36. The first kappa shape index (κ1) is 12.6. The van der Waals surface area contributed by atoms with E-state index in [1.54, 1.807) is 0 Å². The number of carbonyl (C=O) groups is 1. The Hall–Kier alpha value is -1.08. The van der Waals surface area contributed by atoms with Gasteiger partial charge in [0, 0.05) is 29.1 Å². The molecule has 1 amide bonds. The van der Waals surface area contributed by atoms with Gasteiger partial charge >= 0.3 is 0 Å². The third kappa shape index (κ3) is 2.13. The number of fused-ring (bicyclic) bond motifs is 3. The van der Waals surface area contributed by atoms with Crippen LogP contribution in [-0.4, -0.2) is 24.0 Å². The molecule has 5 heteroatoms. The SMILES string of the molecule is O=C(N[C@@H]1C[C@H]2CC[C@@H]1N2)c1ccc2oc(I)cc2c1. The molecule has 2 fully saturated rings. The normalized spacial score (nSPS) is 28.1. The Bertz CT molecular complexity index is 682. The molecule has 2 N–H and O–H groups in total. The van der Waals surface area contributed by atoms with Crippen molar-refractivity contribution >= 4 is 39.5 Å². The first-order chi connectivity index (χ1) is 9.69. The lowest BCUT2D eigenvalue weighted by atomic mass is 9.95. The summed E-state index contributed by atoms with van der Waals surface area (Å²) in [5.74, 6) is 0.0162. The van der Waals surface area contributed by atoms with E-state index >= 15 is 0 Å². The molecule has 3 heterocycles. The van der Waals surface area contributed by atoms with Crippen molar-refractivity contribution in [1.82, 2.24) is 10.6 Å². The smallest absolute Gasteiger partial charge is 0.251 e. The van der Waals surface area contributed by atoms with Crippen LogP contribution in [0.4, 0.5) is 0 Å². The predicted molar refractivity (Wildman–Crippen MR) is 84.7 cm³/mol. The van der Waals surface area contributed by atoms with E-state index in [9.17, 15) is 4.79 Å². The summed E-state index contributed by atoms with van der Waals surface area (Å²) in [5.41, 5.74) is 1.53. The molecule has 104 valence electrons. The van der Waals surface area contributed by atoms with E-state index < -0.39 is 0 Å². The number of rotatable bonds is 2. The molecule has 0 saturated carbocycles. The van der Waals surface area contributed by atoms with Gasteiger partial charge in [-0.25, -0.2) is 0 Å². The van der Waals surface area contributed by atoms with Crippen LogP contribution in [0, 0.1) is 3.77 Å². The van der Waals surface area contributed by atoms with Gasteiger partial charge in [-0.1, -0.05) is 0 Å². The van der Waals surface area contributed by atoms with E-state index in [4.69, 9.17) is 4.42 Å². The highest BCUT2D eigenvalue weighted by Crippen LogP contribution is 2.28. The molecule has 2 saturated heterocycles. The number of amides is 1. The van der Waals surface area contributed by atoms with Crippen LogP contribution in [0.5, 0.6) is 0 Å². The average Bonchev–Trinajstić information content (AvgIpc) is 3.10. The topological polar surface area (TPSA) is 54.3 Å². The summed E-state index contributed by atoms with van der Waals surface area (Å²) in [6.07, 6.45) is 3.48. The summed E-state index contributed by atoms with van der Waals surface area (Å²) >= 11 is 2.14. The average molecular weight is 382 g/mol. The second-order valence-corrected chi connectivity index (χ2v) is 6.73. The molecular formula is C15H15IN2O2. The number of nitrogens with one attached hydrogen (secondary N) is 2. The minimum Gasteiger partial charge on any atom is -0.450 e. The lowest BCUT2D eigenvalue weighted by molar-refractivity contribution is 0.0931. The molecule has 0 unspecified atom stereocenters. The van der Waals surface area contributed by atoms with Crippen LogP contribution >= 0.6 is 22.6 Å². The summed E-state index contributed by atoms with van der Waals surface area (Å²) in [4.78, 5) is 12.4. The molecule has 20 heavy (non-hydrogen) atoms. The second kappa shape index (κ2) is 4.73. The van der Waals surface area contributed by atoms with Crippen molar-refractivity contribution < 1.29 is 9.21 Å². The second-order valence-electron chi connectivity index (χ2n) is 5.67. The van der Waals surface area contributed by atoms with E-state index in [0.29, 0.717) is 17.6 Å². The lowest BCUT2D eigenvalue weighted by Crippen LogP contribution is -2.42. The van der Waals surface area contributed by atoms with Gasteiger partial charge in [0.1, 0.15) is 5.58 Å². The number of carbonyl (C=O) groups excluding carboxylic acids is 1. The fraction of sp³-hybridized carbons (Fsp3) is 0.400. The van der Waals surface area contributed by atoms with Crippen molar-refractivity contribution in [2.45, 2.75) is 37.4 Å². The fourth-order valence-electron chi connectivity index (χ4n) is 3.39. The molecule has 2 aliphatic heterocycles. The van der Waals surface area contributed by atoms with E-state index in [1.165, 1.54) is 12.8 Å². The van der Waals surface area contributed by atoms with E-state index in [2.05, 4.69) is 33.2 Å². The quantitative estimate of drug-likeness (QED) is 0.786. The summed E-state index contributed by atoms with van der Waals surface area (Å²) in [7, 11) is 0. The number of benzene rings is 1. The largest absolute Gasteiger partial charge is 0.450 e. The van der Waals surface area contributed by atoms with Gasteiger partial charge in [-0.05, 0) is 66.1 Å². The lowest BCUT2D eigenvalue weighted by Gasteiger charge is -2.21. The van der Waals surface area contributed by atoms with Crippen LogP contribution in [0.1, 0.15) is 29.6 Å². The number of hydrogen-bond donors (Lipinski definition) is 2. The Morgan fingerprint density at radius 3 is 3.00 bits per heavy atom. The molecule has 2 bridgehead atoms. The molecule has 3 atom stereocenters. The fourth-order valence-corrected chi connectivity index (χ4v) is 3.96. The highest BCUT2D eigenvalue weighted by Gasteiger charge is 2.39. The van der Waals surface area contributed by atoms with Crippen LogP contribution in [0.15, 0.2) is 28.7 Å². The van der Waals surface area contributed by atoms with Crippen molar-refractivity contribution in [3.8, 4) is 0 Å². The number of halogens is 1. The first-order valence-electron chi connectivity index (χ1n) is 6.95. The number of hydrogen-bond acceptors (Lipinski definition) is 3. The van der Waals surface area contributed by atoms with Crippen molar-refractivity contribution in [2.24, 2.45) is 0 Å². The molecule has 4 nitrogen and oxygen atoms in total. The zero-order chi connectivity index (χ0) is 13.7. The molecule has 2 aromatic rings. The summed E-state index contributed by atoms with van der Waals surface area (Å²) in [5, 5.41) is 7.68.